The first kappa shape index (κ1) is 22.6. The number of rotatable bonds is 5. The van der Waals surface area contributed by atoms with Crippen molar-refractivity contribution in [1.82, 2.24) is 34.6 Å². The van der Waals surface area contributed by atoms with Crippen LogP contribution >= 0.6 is 11.6 Å². The van der Waals surface area contributed by atoms with E-state index in [1.54, 1.807) is 18.5 Å². The van der Waals surface area contributed by atoms with Gasteiger partial charge in [-0.15, -0.1) is 0 Å². The molecule has 1 aliphatic heterocycles. The highest BCUT2D eigenvalue weighted by molar-refractivity contribution is 6.36. The van der Waals surface area contributed by atoms with Crippen LogP contribution in [0.3, 0.4) is 0 Å². The first-order valence-corrected chi connectivity index (χ1v) is 12.4. The van der Waals surface area contributed by atoms with E-state index in [0.717, 1.165) is 35.3 Å². The Morgan fingerprint density at radius 2 is 1.86 bits per heavy atom. The third kappa shape index (κ3) is 4.00. The molecule has 5 aromatic rings. The zero-order valence-corrected chi connectivity index (χ0v) is 20.6. The van der Waals surface area contributed by atoms with Crippen LogP contribution < -0.4 is 4.74 Å². The van der Waals surface area contributed by atoms with Crippen molar-refractivity contribution in [3.05, 3.63) is 59.8 Å². The Morgan fingerprint density at radius 3 is 2.68 bits per heavy atom. The number of aromatic nitrogens is 6. The molecule has 0 unspecified atom stereocenters. The van der Waals surface area contributed by atoms with Crippen molar-refractivity contribution in [2.75, 3.05) is 13.1 Å². The number of imidazole rings is 1. The van der Waals surface area contributed by atoms with Gasteiger partial charge in [0.2, 0.25) is 0 Å². The quantitative estimate of drug-likeness (QED) is 0.316. The monoisotopic (exact) mass is 521 g/mol. The molecule has 7 rings (SSSR count). The maximum atomic E-state index is 13.2. The SMILES string of the molecule is Cc1nc2ccc(Oc3ccc4ncc(-c5cnn(C6CC(N7CC(F)(F)C7)C6)c5)nc4c3Cl)cc2[nH]1. The normalized spacial score (nSPS) is 21.2. The number of likely N-dealkylation sites (tertiary alicyclic amines) is 1. The molecule has 1 saturated heterocycles. The van der Waals surface area contributed by atoms with Crippen molar-refractivity contribution in [1.29, 1.82) is 0 Å². The van der Waals surface area contributed by atoms with Crippen molar-refractivity contribution in [3.8, 4) is 22.8 Å². The van der Waals surface area contributed by atoms with Crippen LogP contribution in [-0.4, -0.2) is 59.7 Å². The maximum Gasteiger partial charge on any atom is 0.272 e. The molecule has 8 nitrogen and oxygen atoms in total. The average molecular weight is 522 g/mol. The Bertz CT molecular complexity index is 1650. The van der Waals surface area contributed by atoms with Crippen LogP contribution in [0.15, 0.2) is 48.9 Å². The summed E-state index contributed by atoms with van der Waals surface area (Å²) in [6.07, 6.45) is 7.00. The third-order valence-electron chi connectivity index (χ3n) is 7.16. The van der Waals surface area contributed by atoms with Crippen LogP contribution in [0.4, 0.5) is 8.78 Å². The number of ether oxygens (including phenoxy) is 1. The van der Waals surface area contributed by atoms with Gasteiger partial charge in [-0.05, 0) is 44.0 Å². The molecule has 2 fully saturated rings. The molecule has 2 aromatic carbocycles. The van der Waals surface area contributed by atoms with Gasteiger partial charge in [-0.3, -0.25) is 14.6 Å². The van der Waals surface area contributed by atoms with E-state index in [9.17, 15) is 8.78 Å². The van der Waals surface area contributed by atoms with Gasteiger partial charge in [0, 0.05) is 23.9 Å². The number of benzene rings is 2. The number of H-pyrrole nitrogens is 1. The topological polar surface area (TPSA) is 84.8 Å². The first-order valence-electron chi connectivity index (χ1n) is 12.1. The van der Waals surface area contributed by atoms with Crippen LogP contribution in [0, 0.1) is 6.92 Å². The summed E-state index contributed by atoms with van der Waals surface area (Å²) >= 11 is 6.72. The van der Waals surface area contributed by atoms with Crippen LogP contribution in [-0.2, 0) is 0 Å². The summed E-state index contributed by atoms with van der Waals surface area (Å²) in [6.45, 7) is 1.64. The molecule has 0 spiro atoms. The molecule has 2 aliphatic rings. The van der Waals surface area contributed by atoms with Crippen molar-refractivity contribution in [2.24, 2.45) is 0 Å². The minimum atomic E-state index is -2.53. The van der Waals surface area contributed by atoms with Crippen molar-refractivity contribution in [3.63, 3.8) is 0 Å². The molecule has 0 amide bonds. The average Bonchev–Trinajstić information content (AvgIpc) is 3.44. The van der Waals surface area contributed by atoms with Crippen LogP contribution in [0.5, 0.6) is 11.5 Å². The van der Waals surface area contributed by atoms with E-state index in [4.69, 9.17) is 21.3 Å². The van der Waals surface area contributed by atoms with Gasteiger partial charge in [-0.1, -0.05) is 11.6 Å². The number of fused-ring (bicyclic) bond motifs is 2. The van der Waals surface area contributed by atoms with Gasteiger partial charge < -0.3 is 9.72 Å². The van der Waals surface area contributed by atoms with Crippen LogP contribution in [0.1, 0.15) is 24.7 Å². The summed E-state index contributed by atoms with van der Waals surface area (Å²) in [7, 11) is 0. The van der Waals surface area contributed by atoms with E-state index in [2.05, 4.69) is 20.1 Å². The van der Waals surface area contributed by atoms with E-state index in [-0.39, 0.29) is 25.2 Å². The van der Waals surface area contributed by atoms with Gasteiger partial charge in [-0.2, -0.15) is 5.10 Å². The highest BCUT2D eigenvalue weighted by Crippen LogP contribution is 2.41. The minimum Gasteiger partial charge on any atom is -0.456 e. The number of hydrogen-bond donors (Lipinski definition) is 1. The van der Waals surface area contributed by atoms with Gasteiger partial charge in [0.05, 0.1) is 53.8 Å². The first-order chi connectivity index (χ1) is 17.8. The second-order valence-corrected chi connectivity index (χ2v) is 10.2. The standard InChI is InChI=1S/C26H22ClF2N7O/c1-14-32-19-3-2-18(8-21(19)33-14)37-23-5-4-20-25(24(23)27)34-22(10-30-20)15-9-31-36(11-15)17-6-16(7-17)35-12-26(28,29)13-35/h2-5,8-11,16-17H,6-7,12-13H2,1H3,(H,32,33). The summed E-state index contributed by atoms with van der Waals surface area (Å²) in [5.41, 5.74) is 4.39. The molecule has 1 saturated carbocycles. The predicted molar refractivity (Wildman–Crippen MR) is 135 cm³/mol. The van der Waals surface area contributed by atoms with Crippen LogP contribution in [0.2, 0.25) is 5.02 Å². The maximum absolute atomic E-state index is 13.2. The summed E-state index contributed by atoms with van der Waals surface area (Å²) in [4.78, 5) is 18.8. The molecule has 0 atom stereocenters. The molecule has 1 aliphatic carbocycles. The molecular weight excluding hydrogens is 500 g/mol. The summed E-state index contributed by atoms with van der Waals surface area (Å²) < 4.78 is 34.3. The van der Waals surface area contributed by atoms with Gasteiger partial charge in [0.25, 0.3) is 5.92 Å². The number of nitrogens with zero attached hydrogens (tertiary/aromatic N) is 6. The molecule has 1 N–H and O–H groups in total. The lowest BCUT2D eigenvalue weighted by molar-refractivity contribution is -0.160. The van der Waals surface area contributed by atoms with Crippen molar-refractivity contribution < 1.29 is 13.5 Å². The Hall–Kier alpha value is -3.63. The molecule has 0 bridgehead atoms. The zero-order valence-electron chi connectivity index (χ0n) is 19.8. The molecule has 37 heavy (non-hydrogen) atoms. The largest absolute Gasteiger partial charge is 0.456 e. The summed E-state index contributed by atoms with van der Waals surface area (Å²) in [6, 6.07) is 9.61. The smallest absolute Gasteiger partial charge is 0.272 e. The fourth-order valence-electron chi connectivity index (χ4n) is 5.10. The van der Waals surface area contributed by atoms with E-state index in [1.807, 2.05) is 47.0 Å². The molecule has 11 heteroatoms. The molecular formula is C26H22ClF2N7O. The summed E-state index contributed by atoms with van der Waals surface area (Å²) in [5.74, 6) is -0.593. The van der Waals surface area contributed by atoms with E-state index >= 15 is 0 Å². The Morgan fingerprint density at radius 1 is 1.05 bits per heavy atom. The fourth-order valence-corrected chi connectivity index (χ4v) is 5.34. The number of alkyl halides is 2. The molecule has 3 aromatic heterocycles. The molecule has 4 heterocycles. The van der Waals surface area contributed by atoms with Crippen molar-refractivity contribution >= 4 is 33.7 Å². The number of aromatic amines is 1. The van der Waals surface area contributed by atoms with Crippen molar-refractivity contribution in [2.45, 2.75) is 37.8 Å². The highest BCUT2D eigenvalue weighted by atomic mass is 35.5. The van der Waals surface area contributed by atoms with E-state index in [1.165, 1.54) is 0 Å². The van der Waals surface area contributed by atoms with Crippen LogP contribution in [0.25, 0.3) is 33.3 Å². The van der Waals surface area contributed by atoms with E-state index in [0.29, 0.717) is 33.2 Å². The molecule has 0 radical (unpaired) electrons. The van der Waals surface area contributed by atoms with E-state index < -0.39 is 5.92 Å². The number of hydrogen-bond acceptors (Lipinski definition) is 6. The zero-order chi connectivity index (χ0) is 25.3. The predicted octanol–water partition coefficient (Wildman–Crippen LogP) is 5.78. The Labute approximate surface area is 215 Å². The number of nitrogens with one attached hydrogen (secondary N) is 1. The lowest BCUT2D eigenvalue weighted by Gasteiger charge is -2.50. The minimum absolute atomic E-state index is 0.134. The highest BCUT2D eigenvalue weighted by Gasteiger charge is 2.49. The second kappa shape index (κ2) is 8.19. The lowest BCUT2D eigenvalue weighted by atomic mass is 9.83. The van der Waals surface area contributed by atoms with Gasteiger partial charge in [-0.25, -0.2) is 18.7 Å². The second-order valence-electron chi connectivity index (χ2n) is 9.85. The summed E-state index contributed by atoms with van der Waals surface area (Å²) in [5, 5.41) is 4.87. The third-order valence-corrected chi connectivity index (χ3v) is 7.53. The van der Waals surface area contributed by atoms with Gasteiger partial charge in [0.15, 0.2) is 0 Å². The van der Waals surface area contributed by atoms with Gasteiger partial charge in [0.1, 0.15) is 27.9 Å². The number of aryl methyl sites for hydroxylation is 1. The van der Waals surface area contributed by atoms with Gasteiger partial charge >= 0.3 is 0 Å². The Balaban J connectivity index is 1.11. The Kier molecular flexibility index (Phi) is 4.99. The molecule has 188 valence electrons. The number of halogens is 3. The lowest BCUT2D eigenvalue weighted by Crippen LogP contribution is -2.62. The fraction of sp³-hybridized carbons (Fsp3) is 0.308.